The molecule has 0 radical (unpaired) electrons. The predicted octanol–water partition coefficient (Wildman–Crippen LogP) is 1.63. The molecular weight excluding hydrogens is 300 g/mol. The Kier molecular flexibility index (Phi) is 6.22. The number of rotatable bonds is 6. The van der Waals surface area contributed by atoms with E-state index in [1.807, 2.05) is 30.3 Å². The number of hydrogen-bond donors (Lipinski definition) is 2. The summed E-state index contributed by atoms with van der Waals surface area (Å²) in [6.07, 6.45) is -0.223. The molecule has 1 heterocycles. The van der Waals surface area contributed by atoms with Crippen molar-refractivity contribution in [2.45, 2.75) is 38.0 Å². The fourth-order valence-electron chi connectivity index (χ4n) is 2.78. The van der Waals surface area contributed by atoms with Gasteiger partial charge in [-0.2, -0.15) is 0 Å². The highest BCUT2D eigenvalue weighted by Gasteiger charge is 2.39. The maximum Gasteiger partial charge on any atom is 0.410 e. The molecule has 23 heavy (non-hydrogen) atoms. The Morgan fingerprint density at radius 3 is 2.70 bits per heavy atom. The second kappa shape index (κ2) is 8.38. The van der Waals surface area contributed by atoms with Crippen molar-refractivity contribution < 1.29 is 24.2 Å². The molecule has 0 aliphatic carbocycles. The summed E-state index contributed by atoms with van der Waals surface area (Å²) in [5, 5.41) is 9.00. The number of aliphatic hydroxyl groups excluding tert-OH is 1. The minimum absolute atomic E-state index is 0.00664. The van der Waals surface area contributed by atoms with Crippen molar-refractivity contribution >= 4 is 12.2 Å². The van der Waals surface area contributed by atoms with E-state index in [2.05, 4.69) is 0 Å². The second-order valence-electron chi connectivity index (χ2n) is 5.43. The highest BCUT2D eigenvalue weighted by atomic mass is 16.6. The zero-order chi connectivity index (χ0) is 16.7. The zero-order valence-corrected chi connectivity index (χ0v) is 12.9. The second-order valence-corrected chi connectivity index (χ2v) is 5.43. The van der Waals surface area contributed by atoms with Crippen molar-refractivity contribution in [1.82, 2.24) is 4.90 Å². The molecule has 3 N–H and O–H groups in total. The first-order valence-electron chi connectivity index (χ1n) is 7.66. The molecule has 1 aliphatic rings. The van der Waals surface area contributed by atoms with Gasteiger partial charge in [-0.05, 0) is 18.4 Å². The van der Waals surface area contributed by atoms with E-state index in [1.165, 1.54) is 0 Å². The number of carbonyl (C=O) groups is 2. The zero-order valence-electron chi connectivity index (χ0n) is 12.9. The van der Waals surface area contributed by atoms with Crippen molar-refractivity contribution in [2.75, 3.05) is 13.2 Å². The minimum atomic E-state index is -0.858. The number of amides is 2. The number of primary amides is 1. The summed E-state index contributed by atoms with van der Waals surface area (Å²) in [6, 6.07) is 9.07. The van der Waals surface area contributed by atoms with Gasteiger partial charge in [-0.3, -0.25) is 0 Å². The van der Waals surface area contributed by atoms with Crippen LogP contribution in [0.2, 0.25) is 0 Å². The van der Waals surface area contributed by atoms with E-state index in [9.17, 15) is 9.59 Å². The Morgan fingerprint density at radius 1 is 1.30 bits per heavy atom. The molecule has 2 amide bonds. The number of aliphatic hydroxyl groups is 1. The summed E-state index contributed by atoms with van der Waals surface area (Å²) in [4.78, 5) is 24.8. The average molecular weight is 322 g/mol. The monoisotopic (exact) mass is 322 g/mol. The van der Waals surface area contributed by atoms with E-state index in [4.69, 9.17) is 20.3 Å². The van der Waals surface area contributed by atoms with Gasteiger partial charge in [0.05, 0.1) is 6.04 Å². The van der Waals surface area contributed by atoms with Crippen molar-refractivity contribution in [2.24, 2.45) is 5.73 Å². The van der Waals surface area contributed by atoms with Gasteiger partial charge < -0.3 is 25.2 Å². The van der Waals surface area contributed by atoms with Gasteiger partial charge in [0.15, 0.2) is 0 Å². The largest absolute Gasteiger partial charge is 0.445 e. The van der Waals surface area contributed by atoms with Crippen LogP contribution in [0.4, 0.5) is 9.59 Å². The highest BCUT2D eigenvalue weighted by Crippen LogP contribution is 2.25. The summed E-state index contributed by atoms with van der Waals surface area (Å²) < 4.78 is 10.4. The van der Waals surface area contributed by atoms with Crippen LogP contribution in [-0.4, -0.2) is 47.5 Å². The molecule has 1 aliphatic heterocycles. The van der Waals surface area contributed by atoms with Gasteiger partial charge in [-0.15, -0.1) is 0 Å². The lowest BCUT2D eigenvalue weighted by Gasteiger charge is -2.27. The van der Waals surface area contributed by atoms with Gasteiger partial charge in [-0.25, -0.2) is 9.59 Å². The fraction of sp³-hybridized carbons (Fsp3) is 0.500. The molecular formula is C16H22N2O5. The lowest BCUT2D eigenvalue weighted by molar-refractivity contribution is 0.0546. The predicted molar refractivity (Wildman–Crippen MR) is 82.5 cm³/mol. The fourth-order valence-corrected chi connectivity index (χ4v) is 2.78. The SMILES string of the molecule is NC(=O)O[C@H]1CCN(C(=O)OCc2ccccc2)[C@H]1CCCO. The third kappa shape index (κ3) is 4.85. The van der Waals surface area contributed by atoms with Crippen LogP contribution in [-0.2, 0) is 16.1 Å². The van der Waals surface area contributed by atoms with Crippen LogP contribution in [0.25, 0.3) is 0 Å². The first-order chi connectivity index (χ1) is 11.1. The van der Waals surface area contributed by atoms with E-state index in [0.717, 1.165) is 5.56 Å². The van der Waals surface area contributed by atoms with Gasteiger partial charge in [-0.1, -0.05) is 30.3 Å². The first-order valence-corrected chi connectivity index (χ1v) is 7.66. The molecule has 1 aromatic rings. The van der Waals surface area contributed by atoms with Crippen LogP contribution in [0.5, 0.6) is 0 Å². The molecule has 0 aromatic heterocycles. The summed E-state index contributed by atoms with van der Waals surface area (Å²) in [6.45, 7) is 0.624. The summed E-state index contributed by atoms with van der Waals surface area (Å²) >= 11 is 0. The first kappa shape index (κ1) is 17.1. The number of likely N-dealkylation sites (tertiary alicyclic amines) is 1. The van der Waals surface area contributed by atoms with Crippen LogP contribution in [0.3, 0.4) is 0 Å². The molecule has 1 fully saturated rings. The van der Waals surface area contributed by atoms with Crippen molar-refractivity contribution in [3.63, 3.8) is 0 Å². The summed E-state index contributed by atoms with van der Waals surface area (Å²) in [5.41, 5.74) is 5.97. The number of nitrogens with two attached hydrogens (primary N) is 1. The molecule has 0 unspecified atom stereocenters. The Balaban J connectivity index is 1.95. The molecule has 126 valence electrons. The number of ether oxygens (including phenoxy) is 2. The van der Waals surface area contributed by atoms with Gasteiger partial charge in [0, 0.05) is 19.6 Å². The Morgan fingerprint density at radius 2 is 2.04 bits per heavy atom. The Hall–Kier alpha value is -2.28. The molecule has 2 atom stereocenters. The molecule has 0 saturated carbocycles. The molecule has 2 rings (SSSR count). The van der Waals surface area contributed by atoms with E-state index >= 15 is 0 Å². The Bertz CT molecular complexity index is 522. The summed E-state index contributed by atoms with van der Waals surface area (Å²) in [5.74, 6) is 0. The van der Waals surface area contributed by atoms with E-state index < -0.39 is 18.3 Å². The highest BCUT2D eigenvalue weighted by molar-refractivity contribution is 5.69. The van der Waals surface area contributed by atoms with Crippen molar-refractivity contribution in [1.29, 1.82) is 0 Å². The van der Waals surface area contributed by atoms with Gasteiger partial charge in [0.2, 0.25) is 0 Å². The standard InChI is InChI=1S/C16H22N2O5/c17-15(20)23-14-8-9-18(13(14)7-4-10-19)16(21)22-11-12-5-2-1-3-6-12/h1-3,5-6,13-14,19H,4,7-11H2,(H2,17,20)/t13-,14-/m0/s1. The molecule has 7 heteroatoms. The number of nitrogens with zero attached hydrogens (tertiary/aromatic N) is 1. The van der Waals surface area contributed by atoms with Crippen LogP contribution in [0.15, 0.2) is 30.3 Å². The van der Waals surface area contributed by atoms with Crippen LogP contribution in [0, 0.1) is 0 Å². The van der Waals surface area contributed by atoms with E-state index in [0.29, 0.717) is 25.8 Å². The molecule has 0 spiro atoms. The van der Waals surface area contributed by atoms with Crippen LogP contribution >= 0.6 is 0 Å². The van der Waals surface area contributed by atoms with Crippen molar-refractivity contribution in [3.8, 4) is 0 Å². The minimum Gasteiger partial charge on any atom is -0.445 e. The lowest BCUT2D eigenvalue weighted by atomic mass is 10.1. The number of hydrogen-bond acceptors (Lipinski definition) is 5. The Labute approximate surface area is 135 Å². The van der Waals surface area contributed by atoms with Gasteiger partial charge in [0.1, 0.15) is 12.7 Å². The van der Waals surface area contributed by atoms with E-state index in [-0.39, 0.29) is 19.3 Å². The lowest BCUT2D eigenvalue weighted by Crippen LogP contribution is -2.42. The quantitative estimate of drug-likeness (QED) is 0.829. The number of carbonyl (C=O) groups excluding carboxylic acids is 2. The van der Waals surface area contributed by atoms with Gasteiger partial charge >= 0.3 is 12.2 Å². The van der Waals surface area contributed by atoms with Gasteiger partial charge in [0.25, 0.3) is 0 Å². The third-order valence-corrected chi connectivity index (χ3v) is 3.85. The molecule has 1 aromatic carbocycles. The maximum absolute atomic E-state index is 12.3. The summed E-state index contributed by atoms with van der Waals surface area (Å²) in [7, 11) is 0. The normalized spacial score (nSPS) is 20.3. The van der Waals surface area contributed by atoms with Crippen LogP contribution < -0.4 is 5.73 Å². The average Bonchev–Trinajstić information content (AvgIpc) is 2.93. The smallest absolute Gasteiger partial charge is 0.410 e. The van der Waals surface area contributed by atoms with Crippen molar-refractivity contribution in [3.05, 3.63) is 35.9 Å². The third-order valence-electron chi connectivity index (χ3n) is 3.85. The molecule has 0 bridgehead atoms. The molecule has 1 saturated heterocycles. The van der Waals surface area contributed by atoms with E-state index in [1.54, 1.807) is 4.90 Å². The maximum atomic E-state index is 12.3. The topological polar surface area (TPSA) is 102 Å². The molecule has 7 nitrogen and oxygen atoms in total. The number of benzene rings is 1. The van der Waals surface area contributed by atoms with Crippen LogP contribution in [0.1, 0.15) is 24.8 Å².